The van der Waals surface area contributed by atoms with Crippen LogP contribution in [-0.2, 0) is 20.9 Å². The van der Waals surface area contributed by atoms with Crippen LogP contribution in [0, 0.1) is 0 Å². The number of carbonyl (C=O) groups excluding carboxylic acids is 4. The molecular formula is C27H31N7O7S. The molecule has 0 aliphatic carbocycles. The van der Waals surface area contributed by atoms with Crippen LogP contribution < -0.4 is 37.1 Å². The molecule has 0 radical (unpaired) electrons. The lowest BCUT2D eigenvalue weighted by Crippen LogP contribution is -2.48. The topological polar surface area (TPSA) is 214 Å². The fraction of sp³-hybridized carbons (Fsp3) is 0.259. The first kappa shape index (κ1) is 31.5. The Bertz CT molecular complexity index is 1370. The first-order chi connectivity index (χ1) is 20.2. The summed E-state index contributed by atoms with van der Waals surface area (Å²) in [6.07, 6.45) is 0.00504. The minimum atomic E-state index is -1.41. The second kappa shape index (κ2) is 16.3. The van der Waals surface area contributed by atoms with Crippen molar-refractivity contribution >= 4 is 51.9 Å². The number of anilines is 2. The van der Waals surface area contributed by atoms with Crippen LogP contribution in [0.15, 0.2) is 60.0 Å². The highest BCUT2D eigenvalue weighted by atomic mass is 32.1. The Morgan fingerprint density at radius 2 is 1.71 bits per heavy atom. The number of aliphatic carboxylic acids is 1. The summed E-state index contributed by atoms with van der Waals surface area (Å²) in [6, 6.07) is 13.8. The third-order valence-electron chi connectivity index (χ3n) is 5.43. The summed E-state index contributed by atoms with van der Waals surface area (Å²) in [5, 5.41) is 23.2. The Balaban J connectivity index is 1.46. The zero-order chi connectivity index (χ0) is 30.3. The Kier molecular flexibility index (Phi) is 12.2. The summed E-state index contributed by atoms with van der Waals surface area (Å²) in [4.78, 5) is 65.0. The SMILES string of the molecule is NCCCOc1ccc(NC(=O)[C@H](CC(=O)O)NC(=O)CNC(=O)c2csc(NC(=O)NCc3ccccc3)n2)cc1. The molecule has 0 bridgehead atoms. The van der Waals surface area contributed by atoms with Gasteiger partial charge in [-0.15, -0.1) is 11.3 Å². The van der Waals surface area contributed by atoms with Crippen LogP contribution in [0.1, 0.15) is 28.9 Å². The van der Waals surface area contributed by atoms with Gasteiger partial charge in [-0.25, -0.2) is 9.78 Å². The van der Waals surface area contributed by atoms with Crippen molar-refractivity contribution in [3.05, 3.63) is 71.2 Å². The molecule has 222 valence electrons. The minimum Gasteiger partial charge on any atom is -0.494 e. The molecule has 14 nitrogen and oxygen atoms in total. The van der Waals surface area contributed by atoms with Gasteiger partial charge in [0.15, 0.2) is 5.13 Å². The Hall–Kier alpha value is -5.02. The van der Waals surface area contributed by atoms with Gasteiger partial charge in [0, 0.05) is 17.6 Å². The van der Waals surface area contributed by atoms with Crippen LogP contribution in [0.2, 0.25) is 0 Å². The van der Waals surface area contributed by atoms with Gasteiger partial charge in [0.1, 0.15) is 17.5 Å². The summed E-state index contributed by atoms with van der Waals surface area (Å²) in [6.45, 7) is 0.694. The summed E-state index contributed by atoms with van der Waals surface area (Å²) in [7, 11) is 0. The van der Waals surface area contributed by atoms with Gasteiger partial charge in [0.05, 0.1) is 19.6 Å². The number of aromatic nitrogens is 1. The molecule has 1 heterocycles. The molecule has 5 amide bonds. The highest BCUT2D eigenvalue weighted by Crippen LogP contribution is 2.17. The van der Waals surface area contributed by atoms with Crippen LogP contribution >= 0.6 is 11.3 Å². The molecule has 0 fully saturated rings. The number of benzene rings is 2. The van der Waals surface area contributed by atoms with Crippen molar-refractivity contribution in [1.29, 1.82) is 0 Å². The first-order valence-corrected chi connectivity index (χ1v) is 13.7. The largest absolute Gasteiger partial charge is 0.494 e. The van der Waals surface area contributed by atoms with Crippen LogP contribution in [0.4, 0.5) is 15.6 Å². The highest BCUT2D eigenvalue weighted by molar-refractivity contribution is 7.14. The number of nitrogens with two attached hydrogens (primary N) is 1. The number of hydrogen-bond acceptors (Lipinski definition) is 9. The first-order valence-electron chi connectivity index (χ1n) is 12.8. The van der Waals surface area contributed by atoms with Gasteiger partial charge in [0.2, 0.25) is 11.8 Å². The molecule has 0 aliphatic rings. The number of carbonyl (C=O) groups is 5. The van der Waals surface area contributed by atoms with E-state index >= 15 is 0 Å². The molecule has 3 aromatic rings. The van der Waals surface area contributed by atoms with Crippen LogP contribution in [0.3, 0.4) is 0 Å². The van der Waals surface area contributed by atoms with Crippen molar-refractivity contribution in [3.8, 4) is 5.75 Å². The maximum atomic E-state index is 12.7. The molecule has 1 atom stereocenters. The van der Waals surface area contributed by atoms with E-state index in [1.165, 1.54) is 5.38 Å². The molecule has 42 heavy (non-hydrogen) atoms. The monoisotopic (exact) mass is 597 g/mol. The number of carboxylic acid groups (broad SMARTS) is 1. The van der Waals surface area contributed by atoms with Gasteiger partial charge in [-0.05, 0) is 42.8 Å². The van der Waals surface area contributed by atoms with Gasteiger partial charge in [-0.3, -0.25) is 24.5 Å². The summed E-state index contributed by atoms with van der Waals surface area (Å²) in [5.74, 6) is -2.98. The average molecular weight is 598 g/mol. The van der Waals surface area contributed by atoms with Gasteiger partial charge in [-0.2, -0.15) is 0 Å². The number of hydrogen-bond donors (Lipinski definition) is 7. The van der Waals surface area contributed by atoms with E-state index in [-0.39, 0.29) is 10.8 Å². The number of amides is 5. The normalized spacial score (nSPS) is 11.1. The number of ether oxygens (including phenoxy) is 1. The summed E-state index contributed by atoms with van der Waals surface area (Å²) < 4.78 is 5.49. The van der Waals surface area contributed by atoms with Crippen LogP contribution in [0.25, 0.3) is 0 Å². The maximum absolute atomic E-state index is 12.7. The molecule has 3 rings (SSSR count). The van der Waals surface area contributed by atoms with E-state index in [1.807, 2.05) is 30.3 Å². The number of nitrogens with one attached hydrogen (secondary N) is 5. The lowest BCUT2D eigenvalue weighted by molar-refractivity contribution is -0.139. The Morgan fingerprint density at radius 1 is 0.976 bits per heavy atom. The number of urea groups is 1. The molecule has 0 unspecified atom stereocenters. The zero-order valence-corrected chi connectivity index (χ0v) is 23.2. The van der Waals surface area contributed by atoms with Gasteiger partial charge in [-0.1, -0.05) is 30.3 Å². The van der Waals surface area contributed by atoms with E-state index in [4.69, 9.17) is 10.5 Å². The average Bonchev–Trinajstić information content (AvgIpc) is 3.44. The summed E-state index contributed by atoms with van der Waals surface area (Å²) in [5.41, 5.74) is 6.67. The van der Waals surface area contributed by atoms with Crippen molar-refractivity contribution in [3.63, 3.8) is 0 Å². The standard InChI is InChI=1S/C27H31N7O7S/c28-11-4-12-41-19-9-7-18(8-10-19)31-25(39)20(13-23(36)37)32-22(35)15-29-24(38)21-16-42-27(33-21)34-26(40)30-14-17-5-2-1-3-6-17/h1-3,5-10,16,20H,4,11-15,28H2,(H,29,38)(H,31,39)(H,32,35)(H,36,37)(H2,30,33,34,40)/t20-/m0/s1. The molecule has 8 N–H and O–H groups in total. The van der Waals surface area contributed by atoms with Crippen molar-refractivity contribution < 1.29 is 33.8 Å². The maximum Gasteiger partial charge on any atom is 0.321 e. The third-order valence-corrected chi connectivity index (χ3v) is 6.19. The number of carboxylic acids is 1. The smallest absolute Gasteiger partial charge is 0.321 e. The van der Waals surface area contributed by atoms with Crippen LogP contribution in [0.5, 0.6) is 5.75 Å². The molecule has 1 aromatic heterocycles. The Labute approximate surface area is 245 Å². The molecule has 0 aliphatic heterocycles. The predicted octanol–water partition coefficient (Wildman–Crippen LogP) is 1.52. The number of thiazole rings is 1. The Morgan fingerprint density at radius 3 is 2.40 bits per heavy atom. The number of rotatable bonds is 15. The van der Waals surface area contributed by atoms with Crippen molar-refractivity contribution in [2.24, 2.45) is 5.73 Å². The molecule has 2 aromatic carbocycles. The van der Waals surface area contributed by atoms with E-state index in [0.29, 0.717) is 37.6 Å². The fourth-order valence-electron chi connectivity index (χ4n) is 3.37. The van der Waals surface area contributed by atoms with Gasteiger partial charge >= 0.3 is 12.0 Å². The van der Waals surface area contributed by atoms with E-state index in [9.17, 15) is 29.1 Å². The molecule has 0 saturated carbocycles. The fourth-order valence-corrected chi connectivity index (χ4v) is 4.06. The third kappa shape index (κ3) is 10.9. The lowest BCUT2D eigenvalue weighted by atomic mass is 10.1. The van der Waals surface area contributed by atoms with Crippen LogP contribution in [-0.4, -0.2) is 65.6 Å². The highest BCUT2D eigenvalue weighted by Gasteiger charge is 2.24. The van der Waals surface area contributed by atoms with Crippen molar-refractivity contribution in [2.45, 2.75) is 25.4 Å². The number of nitrogens with zero attached hydrogens (tertiary/aromatic N) is 1. The van der Waals surface area contributed by atoms with E-state index in [1.54, 1.807) is 24.3 Å². The van der Waals surface area contributed by atoms with Gasteiger partial charge in [0.25, 0.3) is 5.91 Å². The second-order valence-corrected chi connectivity index (χ2v) is 9.59. The summed E-state index contributed by atoms with van der Waals surface area (Å²) >= 11 is 1.01. The quantitative estimate of drug-likeness (QED) is 0.126. The van der Waals surface area contributed by atoms with E-state index < -0.39 is 48.7 Å². The van der Waals surface area contributed by atoms with E-state index in [2.05, 4.69) is 31.6 Å². The minimum absolute atomic E-state index is 0.0403. The second-order valence-electron chi connectivity index (χ2n) is 8.74. The zero-order valence-electron chi connectivity index (χ0n) is 22.4. The lowest BCUT2D eigenvalue weighted by Gasteiger charge is -2.17. The molecular weight excluding hydrogens is 566 g/mol. The van der Waals surface area contributed by atoms with Crippen molar-refractivity contribution in [1.82, 2.24) is 20.9 Å². The molecule has 0 saturated heterocycles. The molecule has 0 spiro atoms. The predicted molar refractivity (Wildman–Crippen MR) is 155 cm³/mol. The van der Waals surface area contributed by atoms with E-state index in [0.717, 1.165) is 16.9 Å². The molecule has 15 heteroatoms. The van der Waals surface area contributed by atoms with Crippen molar-refractivity contribution in [2.75, 3.05) is 30.3 Å². The van der Waals surface area contributed by atoms with Gasteiger partial charge < -0.3 is 36.8 Å².